The van der Waals surface area contributed by atoms with Gasteiger partial charge in [0, 0.05) is 72.9 Å². The molecule has 0 radical (unpaired) electrons. The van der Waals surface area contributed by atoms with Crippen molar-refractivity contribution in [2.45, 2.75) is 73.6 Å². The van der Waals surface area contributed by atoms with Crippen LogP contribution >= 0.6 is 35.8 Å². The van der Waals surface area contributed by atoms with Crippen molar-refractivity contribution in [1.82, 2.24) is 30.4 Å². The highest BCUT2D eigenvalue weighted by Gasteiger charge is 2.47. The number of carbonyl (C=O) groups excluding carboxylic acids is 4. The van der Waals surface area contributed by atoms with Crippen molar-refractivity contribution >= 4 is 93.2 Å². The summed E-state index contributed by atoms with van der Waals surface area (Å²) in [6.45, 7) is 8.68. The van der Waals surface area contributed by atoms with Gasteiger partial charge in [-0.2, -0.15) is 5.10 Å². The molecule has 2 aromatic heterocycles. The lowest BCUT2D eigenvalue weighted by Gasteiger charge is -2.41. The van der Waals surface area contributed by atoms with Crippen LogP contribution in [-0.2, 0) is 47.6 Å². The Morgan fingerprint density at radius 3 is 2.15 bits per heavy atom. The van der Waals surface area contributed by atoms with Gasteiger partial charge in [0.25, 0.3) is 11.5 Å². The Labute approximate surface area is 438 Å². The molecule has 73 heavy (non-hydrogen) atoms. The first-order valence-electron chi connectivity index (χ1n) is 24.2. The second-order valence-corrected chi connectivity index (χ2v) is 19.0. The largest absolute Gasteiger partial charge is 0.382 e. The molecule has 0 aliphatic carbocycles. The van der Waals surface area contributed by atoms with Gasteiger partial charge in [-0.1, -0.05) is 41.6 Å². The van der Waals surface area contributed by atoms with E-state index in [-0.39, 0.29) is 92.3 Å². The summed E-state index contributed by atoms with van der Waals surface area (Å²) >= 11 is 7.95. The Bertz CT molecular complexity index is 2560. The fourth-order valence-electron chi connectivity index (χ4n) is 8.58. The van der Waals surface area contributed by atoms with Crippen LogP contribution in [-0.4, -0.2) is 154 Å². The predicted octanol–water partition coefficient (Wildman–Crippen LogP) is 3.34. The summed E-state index contributed by atoms with van der Waals surface area (Å²) in [4.78, 5) is 74.4. The lowest BCUT2D eigenvalue weighted by Crippen LogP contribution is -2.50. The summed E-state index contributed by atoms with van der Waals surface area (Å²) in [6.07, 6.45) is 5.44. The maximum Gasteiger partial charge on any atom is 0.277 e. The summed E-state index contributed by atoms with van der Waals surface area (Å²) in [5.41, 5.74) is 13.4. The number of hydrogen-bond acceptors (Lipinski definition) is 19. The number of carbonyl (C=O) groups is 4. The van der Waals surface area contributed by atoms with Gasteiger partial charge in [0.2, 0.25) is 17.7 Å². The molecular weight excluding hydrogens is 1010 g/mol. The van der Waals surface area contributed by atoms with Gasteiger partial charge in [-0.25, -0.2) is 14.6 Å². The van der Waals surface area contributed by atoms with Gasteiger partial charge >= 0.3 is 0 Å². The molecular formula is C48H65Cl2N11O11S. The number of aromatic nitrogens is 4. The minimum absolute atomic E-state index is 0. The number of halogens is 2. The standard InChI is InChI=1S/C48H64ClN11O11S.ClH/c1-31-43(50)48(30-71-31)12-16-59(17-13-48)37-29-54-46(44(51)57-37)72-36-7-3-6-34(42(36)49)56-39(62)11-10-38(61)53-15-19-67-21-23-69-25-27-70-26-24-68-22-20-66-18-14-52-33-5-2-4-32-28-55-60(47(65)41(32)33)35-8-9-40(63)58-45(35)64;/h2-7,28-29,31,35,43,52H,8-27,30,50H2,1H3,(H2,51,57)(H,53,61)(H,56,62)(H,58,63,64);1H/t31-,35?,43+;/m0./s1. The van der Waals surface area contributed by atoms with Crippen LogP contribution in [0.25, 0.3) is 10.8 Å². The van der Waals surface area contributed by atoms with E-state index in [1.54, 1.807) is 36.5 Å². The van der Waals surface area contributed by atoms with Crippen molar-refractivity contribution in [1.29, 1.82) is 0 Å². The Morgan fingerprint density at radius 1 is 0.877 bits per heavy atom. The van der Waals surface area contributed by atoms with Gasteiger partial charge in [0.05, 0.1) is 107 Å². The predicted molar refractivity (Wildman–Crippen MR) is 277 cm³/mol. The molecule has 3 aliphatic heterocycles. The van der Waals surface area contributed by atoms with Crippen LogP contribution in [0.1, 0.15) is 51.5 Å². The molecule has 4 amide bonds. The third-order valence-electron chi connectivity index (χ3n) is 12.7. The summed E-state index contributed by atoms with van der Waals surface area (Å²) in [7, 11) is 0. The van der Waals surface area contributed by atoms with Gasteiger partial charge in [0.1, 0.15) is 16.9 Å². The Morgan fingerprint density at radius 2 is 1.51 bits per heavy atom. The number of ether oxygens (including phenoxy) is 6. The summed E-state index contributed by atoms with van der Waals surface area (Å²) < 4.78 is 34.8. The number of hydrogen-bond donors (Lipinski definition) is 6. The van der Waals surface area contributed by atoms with Crippen LogP contribution in [0, 0.1) is 5.41 Å². The van der Waals surface area contributed by atoms with Crippen LogP contribution in [0.3, 0.4) is 0 Å². The molecule has 3 saturated heterocycles. The molecule has 3 aliphatic rings. The minimum atomic E-state index is -0.845. The molecule has 1 unspecified atom stereocenters. The van der Waals surface area contributed by atoms with Gasteiger partial charge in [0.15, 0.2) is 5.82 Å². The van der Waals surface area contributed by atoms with E-state index in [0.29, 0.717) is 116 Å². The van der Waals surface area contributed by atoms with Gasteiger partial charge < -0.3 is 60.7 Å². The van der Waals surface area contributed by atoms with E-state index in [2.05, 4.69) is 41.2 Å². The van der Waals surface area contributed by atoms with Crippen LogP contribution in [0.4, 0.5) is 23.0 Å². The van der Waals surface area contributed by atoms with Gasteiger partial charge in [-0.05, 0) is 44.4 Å². The van der Waals surface area contributed by atoms with E-state index in [9.17, 15) is 24.0 Å². The normalized spacial score (nSPS) is 18.4. The quantitative estimate of drug-likeness (QED) is 0.0369. The molecule has 3 fully saturated rings. The number of anilines is 4. The van der Waals surface area contributed by atoms with Crippen molar-refractivity contribution in [3.05, 3.63) is 64.2 Å². The fraction of sp³-hybridized carbons (Fsp3) is 0.542. The van der Waals surface area contributed by atoms with Gasteiger partial charge in [-0.15, -0.1) is 12.4 Å². The van der Waals surface area contributed by atoms with Crippen LogP contribution in [0.15, 0.2) is 63.5 Å². The summed E-state index contributed by atoms with van der Waals surface area (Å²) in [5.74, 6) is -0.558. The number of nitrogens with one attached hydrogen (secondary N) is 4. The highest BCUT2D eigenvalue weighted by atomic mass is 35.5. The first-order chi connectivity index (χ1) is 34.9. The van der Waals surface area contributed by atoms with E-state index >= 15 is 0 Å². The second-order valence-electron chi connectivity index (χ2n) is 17.5. The van der Waals surface area contributed by atoms with E-state index < -0.39 is 17.5 Å². The first kappa shape index (κ1) is 57.1. The van der Waals surface area contributed by atoms with Crippen LogP contribution in [0.2, 0.25) is 5.02 Å². The van der Waals surface area contributed by atoms with E-state index in [0.717, 1.165) is 30.6 Å². The molecule has 22 nitrogen and oxygen atoms in total. The molecule has 0 bridgehead atoms. The lowest BCUT2D eigenvalue weighted by molar-refractivity contribution is -0.136. The Balaban J connectivity index is 0.00000869. The molecule has 4 aromatic rings. The van der Waals surface area contributed by atoms with Crippen LogP contribution in [0.5, 0.6) is 0 Å². The molecule has 1 spiro atoms. The highest BCUT2D eigenvalue weighted by Crippen LogP contribution is 2.43. The summed E-state index contributed by atoms with van der Waals surface area (Å²) in [6, 6.07) is 9.80. The second kappa shape index (κ2) is 28.5. The maximum absolute atomic E-state index is 13.3. The zero-order chi connectivity index (χ0) is 50.9. The SMILES string of the molecule is C[C@@H]1OCC2(CCN(c3cnc(Sc4cccc(NC(=O)CCC(=O)NCCOCCOCCOCCOCCOCCNc5cccc6cnn(C7CCC(=O)NC7=O)c(=O)c56)c4Cl)c(N)n3)CC2)[C@@H]1N.Cl. The van der Waals surface area contributed by atoms with E-state index in [4.69, 9.17) is 51.5 Å². The number of piperidine rings is 2. The maximum atomic E-state index is 13.3. The van der Waals surface area contributed by atoms with E-state index in [1.165, 1.54) is 18.0 Å². The number of fused-ring (bicyclic) bond motifs is 1. The third-order valence-corrected chi connectivity index (χ3v) is 14.3. The monoisotopic (exact) mass is 1070 g/mol. The molecule has 7 rings (SSSR count). The van der Waals surface area contributed by atoms with Crippen molar-refractivity contribution in [2.24, 2.45) is 11.1 Å². The van der Waals surface area contributed by atoms with Crippen molar-refractivity contribution < 1.29 is 47.6 Å². The molecule has 8 N–H and O–H groups in total. The third kappa shape index (κ3) is 15.9. The van der Waals surface area contributed by atoms with Crippen LogP contribution < -0.4 is 43.2 Å². The smallest absolute Gasteiger partial charge is 0.277 e. The lowest BCUT2D eigenvalue weighted by atomic mass is 9.73. The first-order valence-corrected chi connectivity index (χ1v) is 25.4. The Hall–Kier alpha value is -5.21. The fourth-order valence-corrected chi connectivity index (χ4v) is 9.68. The topological polar surface area (TPSA) is 288 Å². The average Bonchev–Trinajstić information content (AvgIpc) is 3.64. The zero-order valence-electron chi connectivity index (χ0n) is 40.8. The van der Waals surface area contributed by atoms with Gasteiger partial charge in [-0.3, -0.25) is 29.3 Å². The summed E-state index contributed by atoms with van der Waals surface area (Å²) in [5, 5.41) is 17.1. The number of imide groups is 1. The molecule has 398 valence electrons. The Kier molecular flexibility index (Phi) is 22.2. The average molecular weight is 1080 g/mol. The minimum Gasteiger partial charge on any atom is -0.382 e. The van der Waals surface area contributed by atoms with Crippen molar-refractivity contribution in [2.75, 3.05) is 120 Å². The molecule has 3 atom stereocenters. The van der Waals surface area contributed by atoms with Crippen molar-refractivity contribution in [3.63, 3.8) is 0 Å². The molecule has 0 saturated carbocycles. The number of benzene rings is 2. The number of amides is 4. The molecule has 2 aromatic carbocycles. The number of nitrogen functional groups attached to an aromatic ring is 1. The number of rotatable bonds is 27. The number of nitrogens with two attached hydrogens (primary N) is 2. The highest BCUT2D eigenvalue weighted by molar-refractivity contribution is 7.99. The number of nitrogens with zero attached hydrogens (tertiary/aromatic N) is 5. The van der Waals surface area contributed by atoms with E-state index in [1.807, 2.05) is 13.0 Å². The molecule has 5 heterocycles. The zero-order valence-corrected chi connectivity index (χ0v) is 43.2. The molecule has 25 heteroatoms. The van der Waals surface area contributed by atoms with Crippen molar-refractivity contribution in [3.8, 4) is 0 Å².